The van der Waals surface area contributed by atoms with Gasteiger partial charge in [-0.2, -0.15) is 0 Å². The summed E-state index contributed by atoms with van der Waals surface area (Å²) >= 11 is 0. The Morgan fingerprint density at radius 1 is 1.00 bits per heavy atom. The van der Waals surface area contributed by atoms with Crippen molar-refractivity contribution in [2.45, 2.75) is 97.9 Å². The number of hydrogen-bond acceptors (Lipinski definition) is 1. The van der Waals surface area contributed by atoms with Crippen LogP contribution in [0.2, 0.25) is 0 Å². The molecule has 0 aromatic carbocycles. The van der Waals surface area contributed by atoms with E-state index in [1.165, 1.54) is 70.8 Å². The zero-order valence-electron chi connectivity index (χ0n) is 13.9. The van der Waals surface area contributed by atoms with Crippen LogP contribution in [0.5, 0.6) is 0 Å². The molecule has 0 bridgehead atoms. The van der Waals surface area contributed by atoms with Gasteiger partial charge in [0, 0.05) is 6.04 Å². The van der Waals surface area contributed by atoms with Gasteiger partial charge in [0.2, 0.25) is 0 Å². The van der Waals surface area contributed by atoms with E-state index in [9.17, 15) is 0 Å². The molecule has 0 amide bonds. The SMILES string of the molecule is CCCNC(CCC(C)(C)C)C1CCCCCCC1. The van der Waals surface area contributed by atoms with Gasteiger partial charge in [-0.1, -0.05) is 59.8 Å². The quantitative estimate of drug-likeness (QED) is 0.666. The first-order valence-corrected chi connectivity index (χ1v) is 8.76. The summed E-state index contributed by atoms with van der Waals surface area (Å²) in [6.45, 7) is 10.6. The van der Waals surface area contributed by atoms with Gasteiger partial charge in [0.05, 0.1) is 0 Å². The van der Waals surface area contributed by atoms with Gasteiger partial charge in [-0.15, -0.1) is 0 Å². The van der Waals surface area contributed by atoms with Crippen molar-refractivity contribution in [3.63, 3.8) is 0 Å². The van der Waals surface area contributed by atoms with Gasteiger partial charge < -0.3 is 5.32 Å². The molecule has 1 aliphatic rings. The second-order valence-corrected chi connectivity index (χ2v) is 7.77. The Kier molecular flexibility index (Phi) is 8.06. The van der Waals surface area contributed by atoms with Gasteiger partial charge in [0.1, 0.15) is 0 Å². The molecule has 1 N–H and O–H groups in total. The molecule has 0 saturated heterocycles. The minimum atomic E-state index is 0.480. The minimum absolute atomic E-state index is 0.480. The minimum Gasteiger partial charge on any atom is -0.314 e. The van der Waals surface area contributed by atoms with Gasteiger partial charge in [0.15, 0.2) is 0 Å². The zero-order chi connectivity index (χ0) is 14.1. The lowest BCUT2D eigenvalue weighted by Gasteiger charge is -2.32. The molecule has 1 aliphatic carbocycles. The normalized spacial score (nSPS) is 20.8. The maximum absolute atomic E-state index is 3.86. The van der Waals surface area contributed by atoms with Crippen LogP contribution < -0.4 is 5.32 Å². The Morgan fingerprint density at radius 2 is 1.58 bits per heavy atom. The molecule has 0 radical (unpaired) electrons. The molecule has 1 rings (SSSR count). The van der Waals surface area contributed by atoms with Crippen molar-refractivity contribution in [1.29, 1.82) is 0 Å². The molecule has 1 unspecified atom stereocenters. The third kappa shape index (κ3) is 7.97. The van der Waals surface area contributed by atoms with Crippen LogP contribution in [0.4, 0.5) is 0 Å². The summed E-state index contributed by atoms with van der Waals surface area (Å²) < 4.78 is 0. The smallest absolute Gasteiger partial charge is 0.00955 e. The van der Waals surface area contributed by atoms with Crippen LogP contribution in [-0.2, 0) is 0 Å². The lowest BCUT2D eigenvalue weighted by atomic mass is 9.80. The van der Waals surface area contributed by atoms with E-state index in [1.54, 1.807) is 0 Å². The van der Waals surface area contributed by atoms with E-state index in [0.29, 0.717) is 5.41 Å². The molecule has 0 aromatic rings. The lowest BCUT2D eigenvalue weighted by Crippen LogP contribution is -2.38. The summed E-state index contributed by atoms with van der Waals surface area (Å²) in [6, 6.07) is 0.775. The molecule has 19 heavy (non-hydrogen) atoms. The van der Waals surface area contributed by atoms with Crippen molar-refractivity contribution in [3.8, 4) is 0 Å². The number of nitrogens with one attached hydrogen (secondary N) is 1. The van der Waals surface area contributed by atoms with Crippen LogP contribution in [0.15, 0.2) is 0 Å². The van der Waals surface area contributed by atoms with Crippen LogP contribution in [0, 0.1) is 11.3 Å². The lowest BCUT2D eigenvalue weighted by molar-refractivity contribution is 0.242. The Morgan fingerprint density at radius 3 is 2.11 bits per heavy atom. The third-order valence-electron chi connectivity index (χ3n) is 4.58. The summed E-state index contributed by atoms with van der Waals surface area (Å²) in [5, 5.41) is 3.86. The molecule has 1 saturated carbocycles. The van der Waals surface area contributed by atoms with E-state index in [2.05, 4.69) is 33.0 Å². The van der Waals surface area contributed by atoms with Crippen LogP contribution in [0.1, 0.15) is 91.9 Å². The van der Waals surface area contributed by atoms with Gasteiger partial charge in [-0.25, -0.2) is 0 Å². The van der Waals surface area contributed by atoms with E-state index >= 15 is 0 Å². The van der Waals surface area contributed by atoms with Crippen LogP contribution >= 0.6 is 0 Å². The Balaban J connectivity index is 2.49. The van der Waals surface area contributed by atoms with E-state index < -0.39 is 0 Å². The van der Waals surface area contributed by atoms with Crippen molar-refractivity contribution < 1.29 is 0 Å². The number of hydrogen-bond donors (Lipinski definition) is 1. The first kappa shape index (κ1) is 17.0. The summed E-state index contributed by atoms with van der Waals surface area (Å²) in [6.07, 6.45) is 14.2. The van der Waals surface area contributed by atoms with Crippen molar-refractivity contribution in [3.05, 3.63) is 0 Å². The average Bonchev–Trinajstić information content (AvgIpc) is 2.29. The first-order valence-electron chi connectivity index (χ1n) is 8.76. The van der Waals surface area contributed by atoms with Gasteiger partial charge in [-0.3, -0.25) is 0 Å². The van der Waals surface area contributed by atoms with E-state index in [0.717, 1.165) is 12.0 Å². The van der Waals surface area contributed by atoms with E-state index in [4.69, 9.17) is 0 Å². The molecule has 1 atom stereocenters. The van der Waals surface area contributed by atoms with Gasteiger partial charge >= 0.3 is 0 Å². The molecule has 0 aromatic heterocycles. The molecule has 1 heteroatoms. The van der Waals surface area contributed by atoms with Gasteiger partial charge in [-0.05, 0) is 50.0 Å². The molecule has 0 spiro atoms. The maximum atomic E-state index is 3.86. The van der Waals surface area contributed by atoms with Crippen molar-refractivity contribution >= 4 is 0 Å². The van der Waals surface area contributed by atoms with Crippen molar-refractivity contribution in [2.75, 3.05) is 6.54 Å². The second kappa shape index (κ2) is 9.00. The predicted molar refractivity (Wildman–Crippen MR) is 86.6 cm³/mol. The standard InChI is InChI=1S/C18H37N/c1-5-15-19-17(13-14-18(2,3)4)16-11-9-7-6-8-10-12-16/h16-17,19H,5-15H2,1-4H3. The number of rotatable bonds is 6. The van der Waals surface area contributed by atoms with Crippen LogP contribution in [0.3, 0.4) is 0 Å². The summed E-state index contributed by atoms with van der Waals surface area (Å²) in [4.78, 5) is 0. The third-order valence-corrected chi connectivity index (χ3v) is 4.58. The van der Waals surface area contributed by atoms with Crippen molar-refractivity contribution in [1.82, 2.24) is 5.32 Å². The zero-order valence-corrected chi connectivity index (χ0v) is 13.9. The fraction of sp³-hybridized carbons (Fsp3) is 1.00. The molecule has 1 nitrogen and oxygen atoms in total. The molecule has 114 valence electrons. The first-order chi connectivity index (χ1) is 9.03. The van der Waals surface area contributed by atoms with Crippen LogP contribution in [-0.4, -0.2) is 12.6 Å². The Labute approximate surface area is 121 Å². The Hall–Kier alpha value is -0.0400. The molecular formula is C18H37N. The summed E-state index contributed by atoms with van der Waals surface area (Å²) in [5.74, 6) is 0.939. The van der Waals surface area contributed by atoms with Crippen LogP contribution in [0.25, 0.3) is 0 Å². The molecular weight excluding hydrogens is 230 g/mol. The Bertz CT molecular complexity index is 208. The predicted octanol–water partition coefficient (Wildman–Crippen LogP) is 5.54. The highest BCUT2D eigenvalue weighted by Crippen LogP contribution is 2.30. The molecule has 1 fully saturated rings. The molecule has 0 heterocycles. The topological polar surface area (TPSA) is 12.0 Å². The fourth-order valence-corrected chi connectivity index (χ4v) is 3.31. The maximum Gasteiger partial charge on any atom is 0.00955 e. The highest BCUT2D eigenvalue weighted by Gasteiger charge is 2.23. The highest BCUT2D eigenvalue weighted by molar-refractivity contribution is 4.80. The largest absolute Gasteiger partial charge is 0.314 e. The van der Waals surface area contributed by atoms with Gasteiger partial charge in [0.25, 0.3) is 0 Å². The average molecular weight is 268 g/mol. The van der Waals surface area contributed by atoms with Crippen molar-refractivity contribution in [2.24, 2.45) is 11.3 Å². The summed E-state index contributed by atoms with van der Waals surface area (Å²) in [7, 11) is 0. The fourth-order valence-electron chi connectivity index (χ4n) is 3.31. The monoisotopic (exact) mass is 267 g/mol. The second-order valence-electron chi connectivity index (χ2n) is 7.77. The van der Waals surface area contributed by atoms with E-state index in [-0.39, 0.29) is 0 Å². The summed E-state index contributed by atoms with van der Waals surface area (Å²) in [5.41, 5.74) is 0.480. The highest BCUT2D eigenvalue weighted by atomic mass is 14.9. The van der Waals surface area contributed by atoms with E-state index in [1.807, 2.05) is 0 Å². The molecule has 0 aliphatic heterocycles.